The Labute approximate surface area is 825 Å². The molecule has 8 aromatic heterocycles. The van der Waals surface area contributed by atoms with Gasteiger partial charge in [0.25, 0.3) is 0 Å². The molecule has 0 atom stereocenters. The molecule has 786 valence electrons. The Bertz CT molecular complexity index is 1710. The Morgan fingerprint density at radius 2 is 0.685 bits per heavy atom. The van der Waals surface area contributed by atoms with Gasteiger partial charge in [0.1, 0.15) is 6.33 Å². The lowest BCUT2D eigenvalue weighted by Gasteiger charge is -2.20. The maximum Gasteiger partial charge on any atom is 0.115 e. The largest absolute Gasteiger partial charge is 0.391 e. The fourth-order valence-electron chi connectivity index (χ4n) is 4.98. The van der Waals surface area contributed by atoms with Crippen molar-refractivity contribution in [2.24, 2.45) is 10.1 Å². The van der Waals surface area contributed by atoms with E-state index >= 15 is 0 Å². The Morgan fingerprint density at radius 1 is 0.292 bits per heavy atom. The molecule has 21 nitrogen and oxygen atoms in total. The topological polar surface area (TPSA) is 264 Å². The molecule has 8 aromatic rings. The van der Waals surface area contributed by atoms with Crippen molar-refractivity contribution >= 4 is 23.9 Å². The van der Waals surface area contributed by atoms with Crippen LogP contribution in [0.4, 0.5) is 0 Å². The summed E-state index contributed by atoms with van der Waals surface area (Å²) in [7, 11) is 2.19. The average Bonchev–Trinajstić information content (AvgIpc) is 1.54. The monoisotopic (exact) mass is 1870 g/mol. The van der Waals surface area contributed by atoms with Gasteiger partial charge in [0, 0.05) is 164 Å². The highest BCUT2D eigenvalue weighted by Crippen LogP contribution is 2.04. The zero-order chi connectivity index (χ0) is 108. The van der Waals surface area contributed by atoms with Crippen molar-refractivity contribution in [2.75, 3.05) is 79.2 Å². The van der Waals surface area contributed by atoms with E-state index in [-0.39, 0.29) is 0 Å². The highest BCUT2D eigenvalue weighted by Gasteiger charge is 2.02. The molecule has 0 amide bonds. The Balaban J connectivity index is -0.0000000338. The van der Waals surface area contributed by atoms with Crippen molar-refractivity contribution < 1.29 is 0 Å². The van der Waals surface area contributed by atoms with E-state index in [9.17, 15) is 0 Å². The number of nitrogens with zero attached hydrogens (tertiary/aromatic N) is 12. The lowest BCUT2D eigenvalue weighted by atomic mass is 10.1. The van der Waals surface area contributed by atoms with Crippen LogP contribution < -0.4 is 32.0 Å². The molecule has 6 aliphatic heterocycles. The third kappa shape index (κ3) is 357. The molecule has 0 bridgehead atoms. The van der Waals surface area contributed by atoms with Crippen LogP contribution in [0.1, 0.15) is 406 Å². The van der Waals surface area contributed by atoms with Gasteiger partial charge in [-0.2, -0.15) is 31.7 Å². The van der Waals surface area contributed by atoms with E-state index in [2.05, 4.69) is 133 Å². The van der Waals surface area contributed by atoms with Crippen molar-refractivity contribution in [3.8, 4) is 0 Å². The number of aliphatic imine (C=N–C) groups is 1. The van der Waals surface area contributed by atoms with Crippen molar-refractivity contribution in [2.45, 2.75) is 406 Å². The summed E-state index contributed by atoms with van der Waals surface area (Å²) in [6, 6.07) is 20.9. The van der Waals surface area contributed by atoms with Crippen LogP contribution in [-0.2, 0) is 0 Å². The average molecular weight is 1870 g/mol. The molecule has 14 rings (SSSR count). The second-order valence-corrected chi connectivity index (χ2v) is 15.6. The van der Waals surface area contributed by atoms with E-state index in [4.69, 9.17) is 0 Å². The van der Waals surface area contributed by atoms with E-state index in [1.165, 1.54) is 45.1 Å². The molecular weight excluding hydrogens is 1620 g/mol. The number of piperidine rings is 1. The van der Waals surface area contributed by atoms with Gasteiger partial charge in [-0.05, 0) is 105 Å². The van der Waals surface area contributed by atoms with E-state index in [0.29, 0.717) is 0 Å². The van der Waals surface area contributed by atoms with Crippen LogP contribution in [0.5, 0.6) is 0 Å². The molecular formula is C108H243N21S. The number of aromatic amines is 3. The third-order valence-corrected chi connectivity index (χ3v) is 9.19. The lowest BCUT2D eigenvalue weighted by molar-refractivity contribution is 0.277. The fraction of sp³-hybridized carbons (Fsp3) is 0.657. The number of thiophene rings is 1. The summed E-state index contributed by atoms with van der Waals surface area (Å²) in [6.45, 7) is 120. The minimum atomic E-state index is 0.958. The maximum absolute atomic E-state index is 3.85. The standard InChI is InChI=1S/C6H13N.C5H5N.3C4H4N2.2C4H7N.C4H5N.C4H4S.C3H8N2.C3H6N2.C3H4N2.C3H6N2.C3H4N2.27C2H6/c1-7-5-3-2-4-6-7;1-2-4-6-5-3-1;1-2-6-4-3-5-1;1-2-5-4-6-3-1;1-2-4-6-5-3-1;4*1-2-4-5-3-1;3*1-2-5-3-4-1;2*1-2-4-5-3-1;27*1-2/h2-6H2,1H3;1-5H;3*1-4H;1,3,5H,2,4H2;1-2,5H,3-4H2;1-5H;1-4H;4-5H,1-3H2;3H,1-2H2,(H,4,5);1-3H,(H,4,5);2,5H,1,3H2;1-3H,(H,4,5);27*1-2H3. The molecule has 14 heterocycles. The molecule has 2 saturated heterocycles. The normalized spacial score (nSPS) is 9.25. The zero-order valence-electron chi connectivity index (χ0n) is 98.0. The fourth-order valence-corrected chi connectivity index (χ4v) is 5.43. The summed E-state index contributed by atoms with van der Waals surface area (Å²) in [5.74, 6) is 0. The number of hydrogen-bond donors (Lipinski definition) is 9. The number of rotatable bonds is 0. The quantitative estimate of drug-likeness (QED) is 0.0639. The van der Waals surface area contributed by atoms with Crippen LogP contribution >= 0.6 is 11.3 Å². The summed E-state index contributed by atoms with van der Waals surface area (Å²) < 4.78 is 0. The summed E-state index contributed by atoms with van der Waals surface area (Å²) in [4.78, 5) is 34.1. The molecule has 0 saturated carbocycles. The molecule has 22 heteroatoms. The first kappa shape index (κ1) is 198. The van der Waals surface area contributed by atoms with Crippen molar-refractivity contribution in [3.63, 3.8) is 0 Å². The number of imidazole rings is 1. The number of H-pyrrole nitrogens is 3. The number of pyridine rings is 1. The third-order valence-electron chi connectivity index (χ3n) is 8.56. The molecule has 0 spiro atoms. The number of aromatic nitrogens is 12. The SMILES string of the molecule is C1=CCNC1.C1=CNCC1.C1=NCCN1.C1=NNCC1.C1CNCN1.CC.CC.CC.CC.CC.CC.CC.CC.CC.CC.CC.CC.CC.CC.CC.CC.CC.CC.CC.CC.CC.CC.CC.CC.CC.CC.CC.CN1CCCCC1.c1c[nH]cn1.c1cc[nH]c1.c1ccncc1.c1ccnnc1.c1ccsc1.c1cn[nH]c1.c1cnccn1.c1cncnc1. The van der Waals surface area contributed by atoms with Gasteiger partial charge < -0.3 is 46.9 Å². The minimum Gasteiger partial charge on any atom is -0.391 e. The van der Waals surface area contributed by atoms with E-state index in [0.717, 1.165) is 65.4 Å². The summed E-state index contributed by atoms with van der Waals surface area (Å²) in [5, 5.41) is 36.4. The molecule has 2 fully saturated rings. The van der Waals surface area contributed by atoms with E-state index in [1.54, 1.807) is 117 Å². The molecule has 6 aliphatic rings. The van der Waals surface area contributed by atoms with Gasteiger partial charge in [-0.15, -0.1) is 0 Å². The maximum atomic E-state index is 3.85. The lowest BCUT2D eigenvalue weighted by Crippen LogP contribution is -2.24. The van der Waals surface area contributed by atoms with Gasteiger partial charge in [-0.1, -0.05) is 417 Å². The summed E-state index contributed by atoms with van der Waals surface area (Å²) >= 11 is 1.71. The summed E-state index contributed by atoms with van der Waals surface area (Å²) in [5.41, 5.74) is 2.79. The number of hydrazone groups is 1. The predicted octanol–water partition coefficient (Wildman–Crippen LogP) is 34.3. The van der Waals surface area contributed by atoms with Gasteiger partial charge in [0.15, 0.2) is 0 Å². The molecule has 0 radical (unpaired) electrons. The van der Waals surface area contributed by atoms with Crippen LogP contribution in [0, 0.1) is 0 Å². The smallest absolute Gasteiger partial charge is 0.115 e. The van der Waals surface area contributed by atoms with Crippen LogP contribution in [0.15, 0.2) is 224 Å². The van der Waals surface area contributed by atoms with E-state index in [1.807, 2.05) is 470 Å². The van der Waals surface area contributed by atoms with Gasteiger partial charge in [0.05, 0.1) is 19.2 Å². The van der Waals surface area contributed by atoms with E-state index < -0.39 is 0 Å². The minimum absolute atomic E-state index is 0.958. The van der Waals surface area contributed by atoms with Crippen LogP contribution in [-0.4, -0.2) is 157 Å². The van der Waals surface area contributed by atoms with Gasteiger partial charge in [0.2, 0.25) is 0 Å². The van der Waals surface area contributed by atoms with Crippen LogP contribution in [0.25, 0.3) is 0 Å². The zero-order valence-corrected chi connectivity index (χ0v) is 98.8. The molecule has 9 N–H and O–H groups in total. The number of likely N-dealkylation sites (tertiary alicyclic amines) is 1. The van der Waals surface area contributed by atoms with Gasteiger partial charge >= 0.3 is 0 Å². The van der Waals surface area contributed by atoms with Crippen LogP contribution in [0.2, 0.25) is 0 Å². The molecule has 0 aliphatic carbocycles. The Morgan fingerprint density at radius 3 is 0.800 bits per heavy atom. The van der Waals surface area contributed by atoms with Gasteiger partial charge in [-0.25, -0.2) is 15.0 Å². The Kier molecular flexibility index (Phi) is 557. The second-order valence-electron chi connectivity index (χ2n) is 14.8. The molecule has 0 unspecified atom stereocenters. The van der Waals surface area contributed by atoms with Crippen molar-refractivity contribution in [3.05, 3.63) is 214 Å². The highest BCUT2D eigenvalue weighted by molar-refractivity contribution is 7.07. The molecule has 0 aromatic carbocycles. The predicted molar refractivity (Wildman–Crippen MR) is 617 cm³/mol. The van der Waals surface area contributed by atoms with Crippen LogP contribution in [0.3, 0.4) is 0 Å². The first-order valence-corrected chi connectivity index (χ1v) is 53.0. The van der Waals surface area contributed by atoms with Gasteiger partial charge in [-0.3, -0.25) is 25.0 Å². The number of nitrogens with one attached hydrogen (secondary N) is 9. The Hall–Kier alpha value is -8.15. The number of hydrogen-bond acceptors (Lipinski definition) is 19. The summed E-state index contributed by atoms with van der Waals surface area (Å²) in [6.07, 6.45) is 49.1. The van der Waals surface area contributed by atoms with Crippen molar-refractivity contribution in [1.29, 1.82) is 0 Å². The highest BCUT2D eigenvalue weighted by atomic mass is 32.1. The molecule has 130 heavy (non-hydrogen) atoms. The first-order valence-electron chi connectivity index (χ1n) is 52.1. The van der Waals surface area contributed by atoms with Crippen molar-refractivity contribution in [1.82, 2.24) is 97.2 Å². The second kappa shape index (κ2) is 366. The first-order chi connectivity index (χ1) is 64.9.